The zero-order chi connectivity index (χ0) is 17.5. The molecule has 2 saturated heterocycles. The van der Waals surface area contributed by atoms with Crippen LogP contribution in [0.3, 0.4) is 0 Å². The number of hydrogen-bond donors (Lipinski definition) is 2. The molecular formula is C20H32N2O3. The lowest BCUT2D eigenvalue weighted by molar-refractivity contribution is -0.0648. The summed E-state index contributed by atoms with van der Waals surface area (Å²) in [6, 6.07) is 9.08. The predicted molar refractivity (Wildman–Crippen MR) is 100 cm³/mol. The van der Waals surface area contributed by atoms with Crippen LogP contribution < -0.4 is 5.32 Å². The van der Waals surface area contributed by atoms with Gasteiger partial charge < -0.3 is 24.8 Å². The van der Waals surface area contributed by atoms with Gasteiger partial charge in [-0.1, -0.05) is 12.1 Å². The first-order valence-corrected chi connectivity index (χ1v) is 9.62. The normalized spacial score (nSPS) is 22.0. The first-order valence-electron chi connectivity index (χ1n) is 9.62. The molecule has 1 aromatic carbocycles. The van der Waals surface area contributed by atoms with Crippen LogP contribution in [0.4, 0.5) is 5.69 Å². The highest BCUT2D eigenvalue weighted by Gasteiger charge is 2.22. The van der Waals surface area contributed by atoms with E-state index in [0.29, 0.717) is 19.2 Å². The van der Waals surface area contributed by atoms with Crippen molar-refractivity contribution in [3.05, 3.63) is 29.8 Å². The molecular weight excluding hydrogens is 316 g/mol. The summed E-state index contributed by atoms with van der Waals surface area (Å²) in [7, 11) is 0. The van der Waals surface area contributed by atoms with E-state index in [1.54, 1.807) is 0 Å². The number of ether oxygens (including phenoxy) is 2. The van der Waals surface area contributed by atoms with E-state index < -0.39 is 6.10 Å². The van der Waals surface area contributed by atoms with Crippen molar-refractivity contribution in [2.24, 2.45) is 0 Å². The number of anilines is 1. The summed E-state index contributed by atoms with van der Waals surface area (Å²) in [5, 5.41) is 13.9. The summed E-state index contributed by atoms with van der Waals surface area (Å²) in [4.78, 5) is 2.35. The summed E-state index contributed by atoms with van der Waals surface area (Å²) in [6.07, 6.45) is 3.98. The molecule has 1 aromatic rings. The Kier molecular flexibility index (Phi) is 7.11. The Morgan fingerprint density at radius 1 is 1.24 bits per heavy atom. The third-order valence-electron chi connectivity index (χ3n) is 5.14. The maximum absolute atomic E-state index is 10.3. The standard InChI is InChI=1S/C20H32N2O3/c1-16-3-2-4-18(13-16)21-17-5-9-22(10-6-17)14-19(23)15-25-20-7-11-24-12-8-20/h2-4,13,17,19-21,23H,5-12,14-15H2,1H3. The average Bonchev–Trinajstić information content (AvgIpc) is 2.63. The number of rotatable bonds is 7. The SMILES string of the molecule is Cc1cccc(NC2CCN(CC(O)COC3CCOCC3)CC2)c1. The first kappa shape index (κ1) is 18.6. The number of β-amino-alcohol motifs (C(OH)–C–C–N with tert-alkyl or cyclic N) is 1. The minimum Gasteiger partial charge on any atom is -0.389 e. The van der Waals surface area contributed by atoms with Gasteiger partial charge in [-0.05, 0) is 50.3 Å². The molecule has 2 fully saturated rings. The molecule has 1 unspecified atom stereocenters. The van der Waals surface area contributed by atoms with E-state index in [1.807, 2.05) is 0 Å². The second kappa shape index (κ2) is 9.53. The molecule has 2 aliphatic heterocycles. The highest BCUT2D eigenvalue weighted by Crippen LogP contribution is 2.18. The van der Waals surface area contributed by atoms with Gasteiger partial charge in [0.15, 0.2) is 0 Å². The Hall–Kier alpha value is -1.14. The fourth-order valence-electron chi connectivity index (χ4n) is 3.67. The van der Waals surface area contributed by atoms with Crippen LogP contribution in [-0.2, 0) is 9.47 Å². The highest BCUT2D eigenvalue weighted by molar-refractivity contribution is 5.46. The molecule has 1 atom stereocenters. The van der Waals surface area contributed by atoms with Crippen molar-refractivity contribution in [3.63, 3.8) is 0 Å². The minimum absolute atomic E-state index is 0.257. The number of benzene rings is 1. The van der Waals surface area contributed by atoms with E-state index in [9.17, 15) is 5.11 Å². The molecule has 3 rings (SSSR count). The smallest absolute Gasteiger partial charge is 0.0900 e. The van der Waals surface area contributed by atoms with E-state index in [-0.39, 0.29) is 6.10 Å². The van der Waals surface area contributed by atoms with Gasteiger partial charge in [0.25, 0.3) is 0 Å². The summed E-state index contributed by atoms with van der Waals surface area (Å²) < 4.78 is 11.2. The van der Waals surface area contributed by atoms with Crippen LogP contribution in [0.15, 0.2) is 24.3 Å². The molecule has 0 saturated carbocycles. The van der Waals surface area contributed by atoms with Gasteiger partial charge in [-0.2, -0.15) is 0 Å². The van der Waals surface area contributed by atoms with E-state index in [0.717, 1.165) is 52.0 Å². The maximum Gasteiger partial charge on any atom is 0.0900 e. The van der Waals surface area contributed by atoms with Gasteiger partial charge >= 0.3 is 0 Å². The second-order valence-electron chi connectivity index (χ2n) is 7.39. The van der Waals surface area contributed by atoms with Crippen molar-refractivity contribution in [1.82, 2.24) is 4.90 Å². The third-order valence-corrected chi connectivity index (χ3v) is 5.14. The molecule has 0 aromatic heterocycles. The van der Waals surface area contributed by atoms with Gasteiger partial charge in [-0.25, -0.2) is 0 Å². The Morgan fingerprint density at radius 2 is 2.00 bits per heavy atom. The molecule has 2 N–H and O–H groups in total. The molecule has 0 spiro atoms. The Bertz CT molecular complexity index is 511. The number of piperidine rings is 1. The second-order valence-corrected chi connectivity index (χ2v) is 7.39. The molecule has 2 aliphatic rings. The van der Waals surface area contributed by atoms with E-state index in [2.05, 4.69) is 41.4 Å². The van der Waals surface area contributed by atoms with Gasteiger partial charge in [0.2, 0.25) is 0 Å². The van der Waals surface area contributed by atoms with Gasteiger partial charge in [-0.15, -0.1) is 0 Å². The van der Waals surface area contributed by atoms with Crippen LogP contribution in [0, 0.1) is 6.92 Å². The molecule has 140 valence electrons. The third kappa shape index (κ3) is 6.26. The number of nitrogens with one attached hydrogen (secondary N) is 1. The monoisotopic (exact) mass is 348 g/mol. The van der Waals surface area contributed by atoms with E-state index in [4.69, 9.17) is 9.47 Å². The van der Waals surface area contributed by atoms with Crippen molar-refractivity contribution in [1.29, 1.82) is 0 Å². The van der Waals surface area contributed by atoms with E-state index >= 15 is 0 Å². The minimum atomic E-state index is -0.399. The van der Waals surface area contributed by atoms with Crippen molar-refractivity contribution >= 4 is 5.69 Å². The molecule has 0 bridgehead atoms. The lowest BCUT2D eigenvalue weighted by atomic mass is 10.0. The summed E-state index contributed by atoms with van der Waals surface area (Å²) in [5.74, 6) is 0. The number of aliphatic hydroxyl groups excluding tert-OH is 1. The molecule has 25 heavy (non-hydrogen) atoms. The number of aliphatic hydroxyl groups is 1. The lowest BCUT2D eigenvalue weighted by Gasteiger charge is -2.34. The quantitative estimate of drug-likeness (QED) is 0.793. The number of aryl methyl sites for hydroxylation is 1. The van der Waals surface area contributed by atoms with Crippen LogP contribution in [0.1, 0.15) is 31.2 Å². The fraction of sp³-hybridized carbons (Fsp3) is 0.700. The summed E-state index contributed by atoms with van der Waals surface area (Å²) in [6.45, 7) is 6.88. The zero-order valence-electron chi connectivity index (χ0n) is 15.3. The first-order chi connectivity index (χ1) is 12.2. The van der Waals surface area contributed by atoms with Crippen LogP contribution in [0.5, 0.6) is 0 Å². The fourth-order valence-corrected chi connectivity index (χ4v) is 3.67. The van der Waals surface area contributed by atoms with Crippen molar-refractivity contribution in [2.45, 2.75) is 50.9 Å². The molecule has 0 aliphatic carbocycles. The number of likely N-dealkylation sites (tertiary alicyclic amines) is 1. The predicted octanol–water partition coefficient (Wildman–Crippen LogP) is 2.43. The summed E-state index contributed by atoms with van der Waals surface area (Å²) >= 11 is 0. The van der Waals surface area contributed by atoms with Crippen molar-refractivity contribution < 1.29 is 14.6 Å². The number of hydrogen-bond acceptors (Lipinski definition) is 5. The van der Waals surface area contributed by atoms with Crippen molar-refractivity contribution in [2.75, 3.05) is 44.8 Å². The van der Waals surface area contributed by atoms with Gasteiger partial charge in [0.1, 0.15) is 0 Å². The molecule has 2 heterocycles. The zero-order valence-corrected chi connectivity index (χ0v) is 15.3. The van der Waals surface area contributed by atoms with Gasteiger partial charge in [0.05, 0.1) is 18.8 Å². The average molecular weight is 348 g/mol. The van der Waals surface area contributed by atoms with Gasteiger partial charge in [-0.3, -0.25) is 0 Å². The Balaban J connectivity index is 1.33. The highest BCUT2D eigenvalue weighted by atomic mass is 16.5. The lowest BCUT2D eigenvalue weighted by Crippen LogP contribution is -2.43. The van der Waals surface area contributed by atoms with Crippen molar-refractivity contribution in [3.8, 4) is 0 Å². The van der Waals surface area contributed by atoms with Gasteiger partial charge in [0, 0.05) is 44.6 Å². The molecule has 5 heteroatoms. The molecule has 0 amide bonds. The van der Waals surface area contributed by atoms with Crippen LogP contribution in [-0.4, -0.2) is 67.7 Å². The molecule has 5 nitrogen and oxygen atoms in total. The van der Waals surface area contributed by atoms with Crippen LogP contribution in [0.2, 0.25) is 0 Å². The van der Waals surface area contributed by atoms with Crippen LogP contribution in [0.25, 0.3) is 0 Å². The largest absolute Gasteiger partial charge is 0.389 e. The topological polar surface area (TPSA) is 54.0 Å². The Morgan fingerprint density at radius 3 is 2.72 bits per heavy atom. The maximum atomic E-state index is 10.3. The van der Waals surface area contributed by atoms with Crippen LogP contribution >= 0.6 is 0 Å². The molecule has 0 radical (unpaired) electrons. The summed E-state index contributed by atoms with van der Waals surface area (Å²) in [5.41, 5.74) is 2.50. The van der Waals surface area contributed by atoms with E-state index in [1.165, 1.54) is 11.3 Å². The Labute approximate surface area is 151 Å². The number of nitrogens with zero attached hydrogens (tertiary/aromatic N) is 1.